The van der Waals surface area contributed by atoms with Gasteiger partial charge in [-0.25, -0.2) is 4.98 Å². The van der Waals surface area contributed by atoms with Gasteiger partial charge in [-0.3, -0.25) is 4.68 Å². The third kappa shape index (κ3) is 3.34. The first-order valence-electron chi connectivity index (χ1n) is 7.50. The summed E-state index contributed by atoms with van der Waals surface area (Å²) in [4.78, 5) is 4.66. The molecule has 0 aliphatic rings. The van der Waals surface area contributed by atoms with Crippen LogP contribution in [-0.2, 0) is 6.54 Å². The molecule has 0 atom stereocenters. The zero-order chi connectivity index (χ0) is 15.4. The van der Waals surface area contributed by atoms with E-state index in [1.807, 2.05) is 48.0 Å². The minimum absolute atomic E-state index is 0.799. The summed E-state index contributed by atoms with van der Waals surface area (Å²) >= 11 is 0. The second-order valence-electron chi connectivity index (χ2n) is 5.35. The summed E-state index contributed by atoms with van der Waals surface area (Å²) in [7, 11) is 0. The third-order valence-corrected chi connectivity index (χ3v) is 3.55. The largest absolute Gasteiger partial charge is 0.368 e. The Morgan fingerprint density at radius 3 is 2.55 bits per heavy atom. The smallest absolute Gasteiger partial charge is 0.126 e. The van der Waals surface area contributed by atoms with Crippen molar-refractivity contribution in [2.24, 2.45) is 0 Å². The van der Waals surface area contributed by atoms with Crippen LogP contribution < -0.4 is 5.32 Å². The fourth-order valence-corrected chi connectivity index (χ4v) is 2.49. The standard InChI is InChI=1S/C18H20N4/c1-14-13-15(2)22(21-14)12-11-19-18-10-6-9-17(20-18)16-7-4-3-5-8-16/h3-10,13H,11-12H2,1-2H3,(H,19,20). The molecule has 1 aromatic carbocycles. The first kappa shape index (κ1) is 14.3. The molecule has 2 aromatic heterocycles. The summed E-state index contributed by atoms with van der Waals surface area (Å²) in [6.07, 6.45) is 0. The van der Waals surface area contributed by atoms with Crippen LogP contribution in [0.2, 0.25) is 0 Å². The van der Waals surface area contributed by atoms with Gasteiger partial charge in [-0.15, -0.1) is 0 Å². The summed E-state index contributed by atoms with van der Waals surface area (Å²) in [5, 5.41) is 7.83. The average Bonchev–Trinajstić information content (AvgIpc) is 2.86. The topological polar surface area (TPSA) is 42.7 Å². The Kier molecular flexibility index (Phi) is 4.19. The molecule has 0 aliphatic carbocycles. The van der Waals surface area contributed by atoms with Gasteiger partial charge in [-0.1, -0.05) is 36.4 Å². The number of aryl methyl sites for hydroxylation is 2. The molecule has 112 valence electrons. The number of anilines is 1. The van der Waals surface area contributed by atoms with Crippen molar-refractivity contribution >= 4 is 5.82 Å². The summed E-state index contributed by atoms with van der Waals surface area (Å²) in [6, 6.07) is 18.4. The number of nitrogens with one attached hydrogen (secondary N) is 1. The highest BCUT2D eigenvalue weighted by molar-refractivity contribution is 5.60. The molecule has 0 spiro atoms. The van der Waals surface area contributed by atoms with Crippen molar-refractivity contribution in [1.82, 2.24) is 14.8 Å². The predicted octanol–water partition coefficient (Wildman–Crippen LogP) is 3.67. The lowest BCUT2D eigenvalue weighted by Crippen LogP contribution is -2.13. The fraction of sp³-hybridized carbons (Fsp3) is 0.222. The molecular weight excluding hydrogens is 272 g/mol. The quantitative estimate of drug-likeness (QED) is 0.780. The molecule has 3 rings (SSSR count). The summed E-state index contributed by atoms with van der Waals surface area (Å²) in [5.41, 5.74) is 4.36. The minimum Gasteiger partial charge on any atom is -0.368 e. The highest BCUT2D eigenvalue weighted by Crippen LogP contribution is 2.18. The van der Waals surface area contributed by atoms with Crippen molar-refractivity contribution in [2.45, 2.75) is 20.4 Å². The van der Waals surface area contributed by atoms with Crippen LogP contribution in [0.5, 0.6) is 0 Å². The van der Waals surface area contributed by atoms with Crippen molar-refractivity contribution in [3.8, 4) is 11.3 Å². The van der Waals surface area contributed by atoms with Crippen LogP contribution in [0.1, 0.15) is 11.4 Å². The van der Waals surface area contributed by atoms with Gasteiger partial charge in [0.1, 0.15) is 5.82 Å². The van der Waals surface area contributed by atoms with E-state index in [4.69, 9.17) is 0 Å². The van der Waals surface area contributed by atoms with E-state index < -0.39 is 0 Å². The molecule has 0 saturated carbocycles. The van der Waals surface area contributed by atoms with Gasteiger partial charge in [0.15, 0.2) is 0 Å². The molecule has 0 radical (unpaired) electrons. The molecule has 4 nitrogen and oxygen atoms in total. The Morgan fingerprint density at radius 1 is 1.00 bits per heavy atom. The maximum Gasteiger partial charge on any atom is 0.126 e. The Labute approximate surface area is 130 Å². The van der Waals surface area contributed by atoms with Gasteiger partial charge in [0.25, 0.3) is 0 Å². The molecule has 0 amide bonds. The van der Waals surface area contributed by atoms with Crippen molar-refractivity contribution in [2.75, 3.05) is 11.9 Å². The molecular formula is C18H20N4. The third-order valence-electron chi connectivity index (χ3n) is 3.55. The average molecular weight is 292 g/mol. The van der Waals surface area contributed by atoms with Gasteiger partial charge in [0.2, 0.25) is 0 Å². The number of benzene rings is 1. The number of rotatable bonds is 5. The molecule has 22 heavy (non-hydrogen) atoms. The van der Waals surface area contributed by atoms with E-state index in [1.54, 1.807) is 0 Å². The second kappa shape index (κ2) is 6.43. The van der Waals surface area contributed by atoms with E-state index in [-0.39, 0.29) is 0 Å². The van der Waals surface area contributed by atoms with Crippen molar-refractivity contribution in [3.05, 3.63) is 66.0 Å². The zero-order valence-corrected chi connectivity index (χ0v) is 13.0. The number of hydrogen-bond donors (Lipinski definition) is 1. The van der Waals surface area contributed by atoms with E-state index in [9.17, 15) is 0 Å². The van der Waals surface area contributed by atoms with Crippen LogP contribution in [0.3, 0.4) is 0 Å². The highest BCUT2D eigenvalue weighted by Gasteiger charge is 2.02. The molecule has 0 bridgehead atoms. The molecule has 4 heteroatoms. The highest BCUT2D eigenvalue weighted by atomic mass is 15.3. The van der Waals surface area contributed by atoms with Gasteiger partial charge < -0.3 is 5.32 Å². The molecule has 1 N–H and O–H groups in total. The minimum atomic E-state index is 0.799. The molecule has 0 fully saturated rings. The van der Waals surface area contributed by atoms with E-state index >= 15 is 0 Å². The van der Waals surface area contributed by atoms with Crippen molar-refractivity contribution in [1.29, 1.82) is 0 Å². The van der Waals surface area contributed by atoms with Gasteiger partial charge in [0.05, 0.1) is 17.9 Å². The number of aromatic nitrogens is 3. The monoisotopic (exact) mass is 292 g/mol. The SMILES string of the molecule is Cc1cc(C)n(CCNc2cccc(-c3ccccc3)n2)n1. The summed E-state index contributed by atoms with van der Waals surface area (Å²) in [5.74, 6) is 0.892. The maximum atomic E-state index is 4.66. The Balaban J connectivity index is 1.65. The number of hydrogen-bond acceptors (Lipinski definition) is 3. The molecule has 2 heterocycles. The number of nitrogens with zero attached hydrogens (tertiary/aromatic N) is 3. The lowest BCUT2D eigenvalue weighted by atomic mass is 10.1. The van der Waals surface area contributed by atoms with Crippen molar-refractivity contribution in [3.63, 3.8) is 0 Å². The first-order chi connectivity index (χ1) is 10.7. The normalized spacial score (nSPS) is 10.6. The van der Waals surface area contributed by atoms with Gasteiger partial charge >= 0.3 is 0 Å². The first-order valence-corrected chi connectivity index (χ1v) is 7.50. The predicted molar refractivity (Wildman–Crippen MR) is 89.9 cm³/mol. The summed E-state index contributed by atoms with van der Waals surface area (Å²) < 4.78 is 2.02. The molecule has 0 aliphatic heterocycles. The fourth-order valence-electron chi connectivity index (χ4n) is 2.49. The van der Waals surface area contributed by atoms with Crippen LogP contribution in [0.15, 0.2) is 54.6 Å². The number of pyridine rings is 1. The Morgan fingerprint density at radius 2 is 1.82 bits per heavy atom. The van der Waals surface area contributed by atoms with Gasteiger partial charge in [0, 0.05) is 17.8 Å². The van der Waals surface area contributed by atoms with E-state index in [1.165, 1.54) is 5.69 Å². The van der Waals surface area contributed by atoms with Crippen LogP contribution >= 0.6 is 0 Å². The Hall–Kier alpha value is -2.62. The lowest BCUT2D eigenvalue weighted by Gasteiger charge is -2.09. The second-order valence-corrected chi connectivity index (χ2v) is 5.35. The van der Waals surface area contributed by atoms with E-state index in [0.29, 0.717) is 0 Å². The van der Waals surface area contributed by atoms with Crippen LogP contribution in [0, 0.1) is 13.8 Å². The van der Waals surface area contributed by atoms with E-state index in [0.717, 1.165) is 35.9 Å². The molecule has 3 aromatic rings. The molecule has 0 saturated heterocycles. The zero-order valence-electron chi connectivity index (χ0n) is 13.0. The van der Waals surface area contributed by atoms with Crippen LogP contribution in [-0.4, -0.2) is 21.3 Å². The van der Waals surface area contributed by atoms with Crippen LogP contribution in [0.4, 0.5) is 5.82 Å². The van der Waals surface area contributed by atoms with Crippen molar-refractivity contribution < 1.29 is 0 Å². The summed E-state index contributed by atoms with van der Waals surface area (Å²) in [6.45, 7) is 5.72. The maximum absolute atomic E-state index is 4.66. The van der Waals surface area contributed by atoms with Gasteiger partial charge in [-0.2, -0.15) is 5.10 Å². The van der Waals surface area contributed by atoms with Gasteiger partial charge in [-0.05, 0) is 32.0 Å². The lowest BCUT2D eigenvalue weighted by molar-refractivity contribution is 0.614. The van der Waals surface area contributed by atoms with E-state index in [2.05, 4.69) is 40.5 Å². The van der Waals surface area contributed by atoms with Crippen LogP contribution in [0.25, 0.3) is 11.3 Å². The Bertz CT molecular complexity index is 747. The molecule has 0 unspecified atom stereocenters.